The Labute approximate surface area is 154 Å². The first-order chi connectivity index (χ1) is 12.4. The summed E-state index contributed by atoms with van der Waals surface area (Å²) in [5, 5.41) is 16.1. The van der Waals surface area contributed by atoms with E-state index in [4.69, 9.17) is 5.26 Å². The maximum absolute atomic E-state index is 12.0. The summed E-state index contributed by atoms with van der Waals surface area (Å²) in [4.78, 5) is 29.1. The summed E-state index contributed by atoms with van der Waals surface area (Å²) in [5.74, 6) is -1.49. The average Bonchev–Trinajstić information content (AvgIpc) is 3.21. The fourth-order valence-electron chi connectivity index (χ4n) is 2.34. The normalized spacial score (nSPS) is 11.1. The van der Waals surface area contributed by atoms with E-state index >= 15 is 0 Å². The molecule has 0 unspecified atom stereocenters. The number of rotatable bonds is 4. The summed E-state index contributed by atoms with van der Waals surface area (Å²) in [6, 6.07) is 9.07. The maximum Gasteiger partial charge on any atom is 0.313 e. The Hall–Kier alpha value is -3.18. The van der Waals surface area contributed by atoms with Gasteiger partial charge in [0.15, 0.2) is 4.96 Å². The quantitative estimate of drug-likeness (QED) is 0.692. The summed E-state index contributed by atoms with van der Waals surface area (Å²) < 4.78 is 1.86. The van der Waals surface area contributed by atoms with Gasteiger partial charge in [-0.25, -0.2) is 4.98 Å². The van der Waals surface area contributed by atoms with Crippen molar-refractivity contribution in [2.45, 2.75) is 25.8 Å². The van der Waals surface area contributed by atoms with E-state index in [1.54, 1.807) is 30.5 Å². The first-order valence-electron chi connectivity index (χ1n) is 7.91. The Bertz CT molecular complexity index is 966. The molecule has 132 valence electrons. The fraction of sp³-hybridized carbons (Fsp3) is 0.222. The van der Waals surface area contributed by atoms with Gasteiger partial charge in [0.2, 0.25) is 0 Å². The van der Waals surface area contributed by atoms with Crippen molar-refractivity contribution >= 4 is 33.8 Å². The van der Waals surface area contributed by atoms with Gasteiger partial charge >= 0.3 is 11.8 Å². The molecule has 7 nitrogen and oxygen atoms in total. The second kappa shape index (κ2) is 6.98. The molecule has 0 aliphatic heterocycles. The molecule has 26 heavy (non-hydrogen) atoms. The number of carbonyl (C=O) groups is 2. The van der Waals surface area contributed by atoms with Gasteiger partial charge in [-0.3, -0.25) is 14.0 Å². The van der Waals surface area contributed by atoms with Crippen molar-refractivity contribution in [3.8, 4) is 6.07 Å². The SMILES string of the molecule is CC(C)(C#N)c1ccc(NC(=O)C(=O)NCc2cn3ccsc3n2)cc1. The minimum absolute atomic E-state index is 0.177. The second-order valence-corrected chi connectivity index (χ2v) is 7.15. The summed E-state index contributed by atoms with van der Waals surface area (Å²) >= 11 is 1.49. The van der Waals surface area contributed by atoms with Gasteiger partial charge in [-0.05, 0) is 31.5 Å². The van der Waals surface area contributed by atoms with Crippen LogP contribution in [0.1, 0.15) is 25.1 Å². The van der Waals surface area contributed by atoms with Gasteiger partial charge in [0.1, 0.15) is 0 Å². The molecular formula is C18H17N5O2S. The lowest BCUT2D eigenvalue weighted by Crippen LogP contribution is -2.35. The van der Waals surface area contributed by atoms with Crippen molar-refractivity contribution in [2.24, 2.45) is 0 Å². The van der Waals surface area contributed by atoms with Crippen molar-refractivity contribution in [2.75, 3.05) is 5.32 Å². The van der Waals surface area contributed by atoms with Crippen LogP contribution in [0, 0.1) is 11.3 Å². The van der Waals surface area contributed by atoms with Crippen LogP contribution in [0.5, 0.6) is 0 Å². The lowest BCUT2D eigenvalue weighted by Gasteiger charge is -2.16. The zero-order valence-corrected chi connectivity index (χ0v) is 15.1. The predicted molar refractivity (Wildman–Crippen MR) is 98.6 cm³/mol. The van der Waals surface area contributed by atoms with Crippen molar-refractivity contribution in [3.05, 3.63) is 53.3 Å². The molecule has 1 aromatic carbocycles. The van der Waals surface area contributed by atoms with Crippen LogP contribution in [0.2, 0.25) is 0 Å². The fourth-order valence-corrected chi connectivity index (χ4v) is 3.05. The first-order valence-corrected chi connectivity index (χ1v) is 8.79. The highest BCUT2D eigenvalue weighted by Gasteiger charge is 2.20. The number of hydrogen-bond donors (Lipinski definition) is 2. The van der Waals surface area contributed by atoms with Crippen LogP contribution >= 0.6 is 11.3 Å². The number of nitrogens with one attached hydrogen (secondary N) is 2. The summed E-state index contributed by atoms with van der Waals surface area (Å²) in [6.45, 7) is 3.80. The minimum atomic E-state index is -0.752. The van der Waals surface area contributed by atoms with E-state index < -0.39 is 17.2 Å². The minimum Gasteiger partial charge on any atom is -0.342 e. The molecule has 0 radical (unpaired) electrons. The molecule has 0 fully saturated rings. The van der Waals surface area contributed by atoms with E-state index in [-0.39, 0.29) is 6.54 Å². The zero-order valence-electron chi connectivity index (χ0n) is 14.3. The number of anilines is 1. The van der Waals surface area contributed by atoms with E-state index in [1.165, 1.54) is 11.3 Å². The van der Waals surface area contributed by atoms with Crippen LogP contribution in [-0.2, 0) is 21.5 Å². The molecular weight excluding hydrogens is 350 g/mol. The predicted octanol–water partition coefficient (Wildman–Crippen LogP) is 2.45. The van der Waals surface area contributed by atoms with Gasteiger partial charge in [-0.2, -0.15) is 5.26 Å². The molecule has 0 spiro atoms. The van der Waals surface area contributed by atoms with E-state index in [1.807, 2.05) is 29.8 Å². The van der Waals surface area contributed by atoms with Gasteiger partial charge in [-0.15, -0.1) is 11.3 Å². The van der Waals surface area contributed by atoms with Gasteiger partial charge in [0.05, 0.1) is 23.7 Å². The van der Waals surface area contributed by atoms with Crippen LogP contribution in [0.3, 0.4) is 0 Å². The second-order valence-electron chi connectivity index (χ2n) is 6.28. The molecule has 8 heteroatoms. The molecule has 0 aliphatic carbocycles. The third-order valence-corrected chi connectivity index (χ3v) is 4.69. The third-order valence-electron chi connectivity index (χ3n) is 3.92. The number of imidazole rings is 1. The highest BCUT2D eigenvalue weighted by Crippen LogP contribution is 2.23. The van der Waals surface area contributed by atoms with Gasteiger partial charge < -0.3 is 10.6 Å². The monoisotopic (exact) mass is 367 g/mol. The van der Waals surface area contributed by atoms with E-state index in [2.05, 4.69) is 21.7 Å². The first kappa shape index (κ1) is 17.6. The van der Waals surface area contributed by atoms with Gasteiger partial charge in [0.25, 0.3) is 0 Å². The topological polar surface area (TPSA) is 99.3 Å². The number of fused-ring (bicyclic) bond motifs is 1. The molecule has 2 N–H and O–H groups in total. The molecule has 0 atom stereocenters. The molecule has 3 rings (SSSR count). The largest absolute Gasteiger partial charge is 0.342 e. The molecule has 2 aromatic heterocycles. The van der Waals surface area contributed by atoms with Gasteiger partial charge in [0, 0.05) is 23.5 Å². The standard InChI is InChI=1S/C18H17N5O2S/c1-18(2,11-19)12-3-5-13(6-4-12)21-16(25)15(24)20-9-14-10-23-7-8-26-17(23)22-14/h3-8,10H,9H2,1-2H3,(H,20,24)(H,21,25). The van der Waals surface area contributed by atoms with Crippen molar-refractivity contribution < 1.29 is 9.59 Å². The summed E-state index contributed by atoms with van der Waals surface area (Å²) in [6.07, 6.45) is 3.68. The highest BCUT2D eigenvalue weighted by molar-refractivity contribution is 7.15. The van der Waals surface area contributed by atoms with Crippen LogP contribution in [-0.4, -0.2) is 21.2 Å². The Morgan fingerprint density at radius 3 is 2.65 bits per heavy atom. The lowest BCUT2D eigenvalue weighted by molar-refractivity contribution is -0.136. The van der Waals surface area contributed by atoms with E-state index in [0.717, 1.165) is 10.5 Å². The molecule has 0 saturated heterocycles. The Kier molecular flexibility index (Phi) is 4.73. The van der Waals surface area contributed by atoms with Crippen LogP contribution in [0.4, 0.5) is 5.69 Å². The number of nitriles is 1. The van der Waals surface area contributed by atoms with Crippen LogP contribution < -0.4 is 10.6 Å². The highest BCUT2D eigenvalue weighted by atomic mass is 32.1. The Morgan fingerprint density at radius 2 is 2.00 bits per heavy atom. The Morgan fingerprint density at radius 1 is 1.27 bits per heavy atom. The average molecular weight is 367 g/mol. The summed E-state index contributed by atoms with van der Waals surface area (Å²) in [7, 11) is 0. The zero-order chi connectivity index (χ0) is 18.7. The number of amides is 2. The number of carbonyl (C=O) groups excluding carboxylic acids is 2. The lowest BCUT2D eigenvalue weighted by atomic mass is 9.86. The van der Waals surface area contributed by atoms with Crippen molar-refractivity contribution in [3.63, 3.8) is 0 Å². The van der Waals surface area contributed by atoms with E-state index in [0.29, 0.717) is 11.4 Å². The molecule has 2 amide bonds. The molecule has 0 bridgehead atoms. The van der Waals surface area contributed by atoms with Crippen molar-refractivity contribution in [1.29, 1.82) is 5.26 Å². The molecule has 3 aromatic rings. The molecule has 2 heterocycles. The smallest absolute Gasteiger partial charge is 0.313 e. The maximum atomic E-state index is 12.0. The van der Waals surface area contributed by atoms with Crippen LogP contribution in [0.15, 0.2) is 42.0 Å². The number of benzene rings is 1. The molecule has 0 saturated carbocycles. The number of nitrogens with zero attached hydrogens (tertiary/aromatic N) is 3. The van der Waals surface area contributed by atoms with E-state index in [9.17, 15) is 9.59 Å². The van der Waals surface area contributed by atoms with Gasteiger partial charge in [-0.1, -0.05) is 12.1 Å². The summed E-state index contributed by atoms with van der Waals surface area (Å²) in [5.41, 5.74) is 1.39. The molecule has 0 aliphatic rings. The van der Waals surface area contributed by atoms with Crippen molar-refractivity contribution in [1.82, 2.24) is 14.7 Å². The Balaban J connectivity index is 1.56. The third kappa shape index (κ3) is 3.73. The van der Waals surface area contributed by atoms with Crippen LogP contribution in [0.25, 0.3) is 4.96 Å². The number of aromatic nitrogens is 2. The number of thiazole rings is 1. The number of hydrogen-bond acceptors (Lipinski definition) is 5.